The monoisotopic (exact) mass is 274 g/mol. The third-order valence-electron chi connectivity index (χ3n) is 3.42. The lowest BCUT2D eigenvalue weighted by Gasteiger charge is -2.17. The Morgan fingerprint density at radius 3 is 2.40 bits per heavy atom. The minimum Gasteiger partial charge on any atom is -0.378 e. The van der Waals surface area contributed by atoms with Crippen molar-refractivity contribution in [2.75, 3.05) is 5.73 Å². The standard InChI is InChI=1S/C14H18N4O2/c1-4-12(11-7-5-9(2)6-8-11)17-14(15)13(18(19)20)10(3)16-17/h5-8,12H,4,15H2,1-3H3. The molecule has 0 aliphatic rings. The maximum Gasteiger partial charge on any atom is 0.333 e. The van der Waals surface area contributed by atoms with Crippen LogP contribution in [0.4, 0.5) is 11.5 Å². The number of nitro groups is 1. The van der Waals surface area contributed by atoms with E-state index in [2.05, 4.69) is 5.10 Å². The first kappa shape index (κ1) is 14.0. The van der Waals surface area contributed by atoms with Gasteiger partial charge < -0.3 is 5.73 Å². The average molecular weight is 274 g/mol. The van der Waals surface area contributed by atoms with Crippen LogP contribution >= 0.6 is 0 Å². The molecule has 1 heterocycles. The summed E-state index contributed by atoms with van der Waals surface area (Å²) in [6.45, 7) is 5.63. The highest BCUT2D eigenvalue weighted by Gasteiger charge is 2.26. The molecule has 0 saturated heterocycles. The minimum absolute atomic E-state index is 0.0944. The molecule has 6 heteroatoms. The van der Waals surface area contributed by atoms with Crippen molar-refractivity contribution >= 4 is 11.5 Å². The number of rotatable bonds is 4. The van der Waals surface area contributed by atoms with Crippen molar-refractivity contribution in [2.24, 2.45) is 0 Å². The number of aryl methyl sites for hydroxylation is 2. The third-order valence-corrected chi connectivity index (χ3v) is 3.42. The molecule has 0 amide bonds. The lowest BCUT2D eigenvalue weighted by Crippen LogP contribution is -2.14. The first-order valence-electron chi connectivity index (χ1n) is 6.51. The van der Waals surface area contributed by atoms with E-state index in [1.54, 1.807) is 11.6 Å². The lowest BCUT2D eigenvalue weighted by molar-refractivity contribution is -0.384. The van der Waals surface area contributed by atoms with Crippen molar-refractivity contribution in [2.45, 2.75) is 33.2 Å². The summed E-state index contributed by atoms with van der Waals surface area (Å²) in [5.74, 6) is 0.111. The number of anilines is 1. The zero-order valence-electron chi connectivity index (χ0n) is 11.8. The van der Waals surface area contributed by atoms with Crippen LogP contribution in [-0.2, 0) is 0 Å². The second kappa shape index (κ2) is 5.32. The Bertz CT molecular complexity index is 631. The number of aromatic nitrogens is 2. The van der Waals surface area contributed by atoms with Gasteiger partial charge in [-0.25, -0.2) is 4.68 Å². The second-order valence-electron chi connectivity index (χ2n) is 4.86. The molecule has 0 spiro atoms. The average Bonchev–Trinajstić information content (AvgIpc) is 2.68. The topological polar surface area (TPSA) is 87.0 Å². The van der Waals surface area contributed by atoms with Crippen LogP contribution in [0.3, 0.4) is 0 Å². The van der Waals surface area contributed by atoms with Crippen molar-refractivity contribution in [1.29, 1.82) is 0 Å². The maximum atomic E-state index is 11.0. The minimum atomic E-state index is -0.476. The summed E-state index contributed by atoms with van der Waals surface area (Å²) < 4.78 is 1.55. The molecule has 0 fully saturated rings. The van der Waals surface area contributed by atoms with Gasteiger partial charge in [-0.2, -0.15) is 5.10 Å². The zero-order valence-corrected chi connectivity index (χ0v) is 11.8. The summed E-state index contributed by atoms with van der Waals surface area (Å²) >= 11 is 0. The van der Waals surface area contributed by atoms with Gasteiger partial charge in [0.1, 0.15) is 5.69 Å². The summed E-state index contributed by atoms with van der Waals surface area (Å²) in [4.78, 5) is 10.5. The molecule has 1 atom stereocenters. The predicted molar refractivity (Wildman–Crippen MR) is 77.6 cm³/mol. The molecule has 0 aliphatic heterocycles. The van der Waals surface area contributed by atoms with Crippen molar-refractivity contribution < 1.29 is 4.92 Å². The Kier molecular flexibility index (Phi) is 3.74. The number of hydrogen-bond donors (Lipinski definition) is 1. The summed E-state index contributed by atoms with van der Waals surface area (Å²) in [7, 11) is 0. The largest absolute Gasteiger partial charge is 0.378 e. The Balaban J connectivity index is 2.50. The molecular weight excluding hydrogens is 256 g/mol. The van der Waals surface area contributed by atoms with E-state index in [0.29, 0.717) is 5.69 Å². The highest BCUT2D eigenvalue weighted by molar-refractivity contribution is 5.56. The molecular formula is C14H18N4O2. The van der Waals surface area contributed by atoms with E-state index in [4.69, 9.17) is 5.73 Å². The quantitative estimate of drug-likeness (QED) is 0.685. The highest BCUT2D eigenvalue weighted by atomic mass is 16.6. The first-order chi connectivity index (χ1) is 9.45. The highest BCUT2D eigenvalue weighted by Crippen LogP contribution is 2.31. The van der Waals surface area contributed by atoms with Gasteiger partial charge in [-0.3, -0.25) is 10.1 Å². The van der Waals surface area contributed by atoms with E-state index in [1.807, 2.05) is 38.1 Å². The molecule has 0 radical (unpaired) electrons. The normalized spacial score (nSPS) is 12.3. The van der Waals surface area contributed by atoms with Crippen LogP contribution in [0.5, 0.6) is 0 Å². The van der Waals surface area contributed by atoms with E-state index < -0.39 is 4.92 Å². The fraction of sp³-hybridized carbons (Fsp3) is 0.357. The number of hydrogen-bond acceptors (Lipinski definition) is 4. The number of nitrogens with two attached hydrogens (primary N) is 1. The molecule has 2 aromatic rings. The summed E-state index contributed by atoms with van der Waals surface area (Å²) in [5.41, 5.74) is 8.36. The van der Waals surface area contributed by atoms with Gasteiger partial charge in [0.05, 0.1) is 11.0 Å². The molecule has 2 rings (SSSR count). The van der Waals surface area contributed by atoms with E-state index in [0.717, 1.165) is 12.0 Å². The summed E-state index contributed by atoms with van der Waals surface area (Å²) in [6.07, 6.45) is 0.755. The second-order valence-corrected chi connectivity index (χ2v) is 4.86. The summed E-state index contributed by atoms with van der Waals surface area (Å²) in [6, 6.07) is 7.94. The number of nitrogen functional groups attached to an aromatic ring is 1. The van der Waals surface area contributed by atoms with Crippen molar-refractivity contribution in [3.63, 3.8) is 0 Å². The van der Waals surface area contributed by atoms with Gasteiger partial charge in [-0.15, -0.1) is 0 Å². The fourth-order valence-corrected chi connectivity index (χ4v) is 2.36. The third kappa shape index (κ3) is 2.36. The van der Waals surface area contributed by atoms with Gasteiger partial charge in [0.25, 0.3) is 0 Å². The molecule has 20 heavy (non-hydrogen) atoms. The molecule has 0 saturated carbocycles. The van der Waals surface area contributed by atoms with E-state index >= 15 is 0 Å². The molecule has 1 aromatic carbocycles. The van der Waals surface area contributed by atoms with Crippen LogP contribution in [0.2, 0.25) is 0 Å². The Labute approximate surface area is 117 Å². The summed E-state index contributed by atoms with van der Waals surface area (Å²) in [5, 5.41) is 15.3. The van der Waals surface area contributed by atoms with Gasteiger partial charge in [0.2, 0.25) is 5.82 Å². The van der Waals surface area contributed by atoms with Gasteiger partial charge in [0, 0.05) is 0 Å². The van der Waals surface area contributed by atoms with E-state index in [-0.39, 0.29) is 17.5 Å². The Morgan fingerprint density at radius 1 is 1.35 bits per heavy atom. The molecule has 0 aliphatic carbocycles. The maximum absolute atomic E-state index is 11.0. The van der Waals surface area contributed by atoms with Gasteiger partial charge in [-0.05, 0) is 25.8 Å². The Morgan fingerprint density at radius 2 is 1.95 bits per heavy atom. The van der Waals surface area contributed by atoms with Crippen molar-refractivity contribution in [3.05, 3.63) is 51.2 Å². The van der Waals surface area contributed by atoms with E-state index in [1.165, 1.54) is 5.56 Å². The van der Waals surface area contributed by atoms with Crippen LogP contribution < -0.4 is 5.73 Å². The molecule has 1 aromatic heterocycles. The fourth-order valence-electron chi connectivity index (χ4n) is 2.36. The van der Waals surface area contributed by atoms with Crippen molar-refractivity contribution in [3.8, 4) is 0 Å². The van der Waals surface area contributed by atoms with Crippen LogP contribution in [0.1, 0.15) is 36.2 Å². The zero-order chi connectivity index (χ0) is 14.9. The first-order valence-corrected chi connectivity index (χ1v) is 6.51. The molecule has 1 unspecified atom stereocenters. The van der Waals surface area contributed by atoms with Crippen molar-refractivity contribution in [1.82, 2.24) is 9.78 Å². The number of benzene rings is 1. The Hall–Kier alpha value is -2.37. The van der Waals surface area contributed by atoms with E-state index in [9.17, 15) is 10.1 Å². The molecule has 0 bridgehead atoms. The smallest absolute Gasteiger partial charge is 0.333 e. The predicted octanol–water partition coefficient (Wildman–Crippen LogP) is 2.99. The van der Waals surface area contributed by atoms with Gasteiger partial charge >= 0.3 is 5.69 Å². The lowest BCUT2D eigenvalue weighted by atomic mass is 10.0. The van der Waals surface area contributed by atoms with Crippen LogP contribution in [-0.4, -0.2) is 14.7 Å². The molecule has 6 nitrogen and oxygen atoms in total. The van der Waals surface area contributed by atoms with Gasteiger partial charge in [-0.1, -0.05) is 36.8 Å². The van der Waals surface area contributed by atoms with Crippen LogP contribution in [0.25, 0.3) is 0 Å². The van der Waals surface area contributed by atoms with Gasteiger partial charge in [0.15, 0.2) is 0 Å². The van der Waals surface area contributed by atoms with Crippen LogP contribution in [0, 0.1) is 24.0 Å². The molecule has 106 valence electrons. The number of nitrogens with zero attached hydrogens (tertiary/aromatic N) is 3. The SMILES string of the molecule is CCC(c1ccc(C)cc1)n1nc(C)c([N+](=O)[O-])c1N. The van der Waals surface area contributed by atoms with Crippen LogP contribution in [0.15, 0.2) is 24.3 Å². The molecule has 2 N–H and O–H groups in total.